The van der Waals surface area contributed by atoms with Crippen LogP contribution in [0.15, 0.2) is 0 Å². The van der Waals surface area contributed by atoms with Crippen molar-refractivity contribution in [2.45, 2.75) is 25.3 Å². The second-order valence-corrected chi connectivity index (χ2v) is 2.85. The predicted molar refractivity (Wildman–Crippen MR) is 44.7 cm³/mol. The fourth-order valence-corrected chi connectivity index (χ4v) is 0.952. The molecule has 0 radical (unpaired) electrons. The molecule has 56 valence electrons. The van der Waals surface area contributed by atoms with E-state index in [9.17, 15) is 0 Å². The van der Waals surface area contributed by atoms with E-state index >= 15 is 0 Å². The second kappa shape index (κ2) is 6.52. The molecule has 0 aromatic rings. The van der Waals surface area contributed by atoms with Crippen LogP contribution in [0.25, 0.3) is 0 Å². The monoisotopic (exact) mass is 194 g/mol. The van der Waals surface area contributed by atoms with Gasteiger partial charge in [-0.15, -0.1) is 0 Å². The van der Waals surface area contributed by atoms with Crippen LogP contribution in [0.5, 0.6) is 0 Å². The molecular formula is C6H15BrN2. The zero-order chi connectivity index (χ0) is 7.11. The van der Waals surface area contributed by atoms with E-state index in [1.165, 1.54) is 0 Å². The summed E-state index contributed by atoms with van der Waals surface area (Å²) in [4.78, 5) is 0. The first-order chi connectivity index (χ1) is 4.31. The van der Waals surface area contributed by atoms with Crippen molar-refractivity contribution in [1.82, 2.24) is 0 Å². The molecule has 0 saturated heterocycles. The molecule has 0 unspecified atom stereocenters. The Hall–Kier alpha value is 0.400. The van der Waals surface area contributed by atoms with Crippen LogP contribution in [0.3, 0.4) is 0 Å². The van der Waals surface area contributed by atoms with Crippen molar-refractivity contribution in [2.24, 2.45) is 11.5 Å². The smallest absolute Gasteiger partial charge is 0.0183 e. The predicted octanol–water partition coefficient (Wildman–Crippen LogP) is 0.838. The van der Waals surface area contributed by atoms with Gasteiger partial charge in [-0.2, -0.15) is 0 Å². The fourth-order valence-electron chi connectivity index (χ4n) is 0.628. The molecule has 0 amide bonds. The Balaban J connectivity index is 2.88. The highest BCUT2D eigenvalue weighted by Crippen LogP contribution is 1.99. The van der Waals surface area contributed by atoms with Gasteiger partial charge >= 0.3 is 0 Å². The molecule has 0 aromatic carbocycles. The van der Waals surface area contributed by atoms with Crippen LogP contribution in [0.1, 0.15) is 19.3 Å². The highest BCUT2D eigenvalue weighted by molar-refractivity contribution is 9.09. The van der Waals surface area contributed by atoms with Crippen LogP contribution in [-0.2, 0) is 0 Å². The Morgan fingerprint density at radius 3 is 2.44 bits per heavy atom. The van der Waals surface area contributed by atoms with Crippen molar-refractivity contribution >= 4 is 15.9 Å². The lowest BCUT2D eigenvalue weighted by Crippen LogP contribution is -2.21. The SMILES string of the molecule is NCCCC[C@H](N)CBr. The van der Waals surface area contributed by atoms with Crippen molar-refractivity contribution < 1.29 is 0 Å². The minimum atomic E-state index is 0.316. The molecule has 3 heteroatoms. The van der Waals surface area contributed by atoms with Crippen molar-refractivity contribution in [2.75, 3.05) is 11.9 Å². The number of unbranched alkanes of at least 4 members (excludes halogenated alkanes) is 1. The Morgan fingerprint density at radius 1 is 1.33 bits per heavy atom. The Labute approximate surface area is 65.1 Å². The summed E-state index contributed by atoms with van der Waals surface area (Å²) >= 11 is 3.31. The molecule has 2 nitrogen and oxygen atoms in total. The van der Waals surface area contributed by atoms with E-state index in [4.69, 9.17) is 11.5 Å². The first-order valence-electron chi connectivity index (χ1n) is 3.33. The summed E-state index contributed by atoms with van der Waals surface area (Å²) in [5.41, 5.74) is 10.9. The summed E-state index contributed by atoms with van der Waals surface area (Å²) in [6.07, 6.45) is 3.34. The molecule has 0 spiro atoms. The molecule has 0 aliphatic carbocycles. The highest BCUT2D eigenvalue weighted by atomic mass is 79.9. The maximum atomic E-state index is 5.63. The van der Waals surface area contributed by atoms with Gasteiger partial charge in [0.25, 0.3) is 0 Å². The van der Waals surface area contributed by atoms with Gasteiger partial charge in [0.2, 0.25) is 0 Å². The number of halogens is 1. The third-order valence-electron chi connectivity index (χ3n) is 1.23. The summed E-state index contributed by atoms with van der Waals surface area (Å²) < 4.78 is 0. The maximum absolute atomic E-state index is 5.63. The van der Waals surface area contributed by atoms with Crippen LogP contribution >= 0.6 is 15.9 Å². The van der Waals surface area contributed by atoms with E-state index in [0.29, 0.717) is 6.04 Å². The Kier molecular flexibility index (Phi) is 6.81. The molecule has 4 N–H and O–H groups in total. The van der Waals surface area contributed by atoms with E-state index in [2.05, 4.69) is 15.9 Å². The van der Waals surface area contributed by atoms with Crippen molar-refractivity contribution in [3.63, 3.8) is 0 Å². The van der Waals surface area contributed by atoms with Gasteiger partial charge in [0.1, 0.15) is 0 Å². The van der Waals surface area contributed by atoms with E-state index in [1.807, 2.05) is 0 Å². The largest absolute Gasteiger partial charge is 0.330 e. The zero-order valence-electron chi connectivity index (χ0n) is 5.65. The van der Waals surface area contributed by atoms with Gasteiger partial charge in [-0.05, 0) is 19.4 Å². The van der Waals surface area contributed by atoms with Crippen LogP contribution in [0.4, 0.5) is 0 Å². The molecule has 0 aliphatic rings. The van der Waals surface area contributed by atoms with Gasteiger partial charge in [0, 0.05) is 11.4 Å². The maximum Gasteiger partial charge on any atom is 0.0183 e. The third-order valence-corrected chi connectivity index (χ3v) is 2.06. The van der Waals surface area contributed by atoms with E-state index in [0.717, 1.165) is 31.1 Å². The fraction of sp³-hybridized carbons (Fsp3) is 1.00. The molecule has 9 heavy (non-hydrogen) atoms. The van der Waals surface area contributed by atoms with Gasteiger partial charge in [0.05, 0.1) is 0 Å². The summed E-state index contributed by atoms with van der Waals surface area (Å²) in [6, 6.07) is 0.316. The molecular weight excluding hydrogens is 180 g/mol. The number of rotatable bonds is 5. The zero-order valence-corrected chi connectivity index (χ0v) is 7.23. The van der Waals surface area contributed by atoms with Crippen LogP contribution in [0, 0.1) is 0 Å². The molecule has 0 rings (SSSR count). The first kappa shape index (κ1) is 9.40. The van der Waals surface area contributed by atoms with Crippen molar-refractivity contribution in [1.29, 1.82) is 0 Å². The minimum Gasteiger partial charge on any atom is -0.330 e. The van der Waals surface area contributed by atoms with E-state index in [-0.39, 0.29) is 0 Å². The summed E-state index contributed by atoms with van der Waals surface area (Å²) in [5.74, 6) is 0. The molecule has 0 heterocycles. The van der Waals surface area contributed by atoms with Gasteiger partial charge in [-0.25, -0.2) is 0 Å². The van der Waals surface area contributed by atoms with Crippen molar-refractivity contribution in [3.05, 3.63) is 0 Å². The molecule has 0 aromatic heterocycles. The minimum absolute atomic E-state index is 0.316. The van der Waals surface area contributed by atoms with Gasteiger partial charge in [-0.1, -0.05) is 22.4 Å². The van der Waals surface area contributed by atoms with E-state index < -0.39 is 0 Å². The molecule has 0 bridgehead atoms. The number of nitrogens with two attached hydrogens (primary N) is 2. The Bertz CT molecular complexity index is 59.0. The molecule has 1 atom stereocenters. The van der Waals surface area contributed by atoms with Gasteiger partial charge in [0.15, 0.2) is 0 Å². The average Bonchev–Trinajstić information content (AvgIpc) is 1.89. The van der Waals surface area contributed by atoms with Crippen molar-refractivity contribution in [3.8, 4) is 0 Å². The quantitative estimate of drug-likeness (QED) is 0.504. The second-order valence-electron chi connectivity index (χ2n) is 2.20. The number of hydrogen-bond donors (Lipinski definition) is 2. The van der Waals surface area contributed by atoms with Crippen LogP contribution in [0.2, 0.25) is 0 Å². The summed E-state index contributed by atoms with van der Waals surface area (Å²) in [5, 5.41) is 0.900. The van der Waals surface area contributed by atoms with Gasteiger partial charge in [-0.3, -0.25) is 0 Å². The van der Waals surface area contributed by atoms with Gasteiger partial charge < -0.3 is 11.5 Å². The normalized spacial score (nSPS) is 13.7. The summed E-state index contributed by atoms with van der Waals surface area (Å²) in [7, 11) is 0. The first-order valence-corrected chi connectivity index (χ1v) is 4.45. The lowest BCUT2D eigenvalue weighted by Gasteiger charge is -2.04. The van der Waals surface area contributed by atoms with E-state index in [1.54, 1.807) is 0 Å². The average molecular weight is 195 g/mol. The standard InChI is InChI=1S/C6H15BrN2/c7-5-6(9)3-1-2-4-8/h6H,1-5,8-9H2/t6-/m0/s1. The van der Waals surface area contributed by atoms with Crippen LogP contribution < -0.4 is 11.5 Å². The summed E-state index contributed by atoms with van der Waals surface area (Å²) in [6.45, 7) is 0.787. The number of alkyl halides is 1. The molecule has 0 aliphatic heterocycles. The van der Waals surface area contributed by atoms with Crippen LogP contribution in [-0.4, -0.2) is 17.9 Å². The molecule has 0 fully saturated rings. The topological polar surface area (TPSA) is 52.0 Å². The number of hydrogen-bond acceptors (Lipinski definition) is 2. The molecule has 0 saturated carbocycles. The lowest BCUT2D eigenvalue weighted by molar-refractivity contribution is 0.610. The highest BCUT2D eigenvalue weighted by Gasteiger charge is 1.97. The third kappa shape index (κ3) is 6.28. The Morgan fingerprint density at radius 2 is 2.00 bits per heavy atom. The lowest BCUT2D eigenvalue weighted by atomic mass is 10.1.